The fourth-order valence-electron chi connectivity index (χ4n) is 3.67. The number of aromatic hydroxyl groups is 2. The van der Waals surface area contributed by atoms with Crippen molar-refractivity contribution in [3.05, 3.63) is 23.8 Å². The number of rotatable bonds is 4. The van der Waals surface area contributed by atoms with Gasteiger partial charge in [0, 0.05) is 16.3 Å². The predicted molar refractivity (Wildman–Crippen MR) is 97.9 cm³/mol. The van der Waals surface area contributed by atoms with Gasteiger partial charge < -0.3 is 20.6 Å². The Bertz CT molecular complexity index is 1040. The number of carbonyl (C=O) groups excluding carboxylic acids is 2. The zero-order valence-electron chi connectivity index (χ0n) is 15.5. The van der Waals surface area contributed by atoms with Gasteiger partial charge in [0.15, 0.2) is 0 Å². The van der Waals surface area contributed by atoms with E-state index in [4.69, 9.17) is 5.11 Å². The van der Waals surface area contributed by atoms with Crippen molar-refractivity contribution < 1.29 is 38.5 Å². The van der Waals surface area contributed by atoms with Crippen molar-refractivity contribution in [3.8, 4) is 11.8 Å². The maximum atomic E-state index is 12.2. The molecule has 2 atom stereocenters. The van der Waals surface area contributed by atoms with E-state index in [1.807, 2.05) is 0 Å². The Morgan fingerprint density at radius 3 is 2.40 bits per heavy atom. The zero-order chi connectivity index (χ0) is 22.0. The predicted octanol–water partition coefficient (Wildman–Crippen LogP) is 3.19. The van der Waals surface area contributed by atoms with Crippen LogP contribution in [0.15, 0.2) is 28.4 Å². The number of nitrogens with one attached hydrogen (secondary N) is 1. The molecule has 12 heteroatoms. The quantitative estimate of drug-likeness (QED) is 0.553. The molecule has 1 heterocycles. The molecule has 0 bridgehead atoms. The van der Waals surface area contributed by atoms with Crippen LogP contribution in [-0.2, 0) is 4.79 Å². The van der Waals surface area contributed by atoms with Gasteiger partial charge in [-0.1, -0.05) is 12.8 Å². The molecule has 0 unspecified atom stereocenters. The highest BCUT2D eigenvalue weighted by molar-refractivity contribution is 6.02. The number of carbonyl (C=O) groups is 3. The second-order valence-electron chi connectivity index (χ2n) is 6.83. The summed E-state index contributed by atoms with van der Waals surface area (Å²) in [7, 11) is 0. The van der Waals surface area contributed by atoms with Gasteiger partial charge in [-0.3, -0.25) is 14.2 Å². The molecule has 3 amide bonds. The third-order valence-electron chi connectivity index (χ3n) is 5.00. The van der Waals surface area contributed by atoms with Crippen LogP contribution in [0.2, 0.25) is 0 Å². The molecule has 2 aromatic rings. The van der Waals surface area contributed by atoms with Crippen LogP contribution in [0.1, 0.15) is 42.1 Å². The molecule has 0 radical (unpaired) electrons. The third-order valence-corrected chi connectivity index (χ3v) is 5.00. The summed E-state index contributed by atoms with van der Waals surface area (Å²) in [5, 5.41) is 38.6. The zero-order valence-corrected chi connectivity index (χ0v) is 15.5. The van der Waals surface area contributed by atoms with E-state index in [1.165, 1.54) is 22.8 Å². The van der Waals surface area contributed by atoms with Crippen LogP contribution < -0.4 is 5.32 Å². The molecule has 0 saturated heterocycles. The summed E-state index contributed by atoms with van der Waals surface area (Å²) < 4.78 is 25.5. The first kappa shape index (κ1) is 21.1. The van der Waals surface area contributed by atoms with Crippen LogP contribution in [-0.4, -0.2) is 50.3 Å². The number of amides is 3. The van der Waals surface area contributed by atoms with Crippen LogP contribution in [0.25, 0.3) is 10.8 Å². The number of carboxylic acid groups (broad SMARTS) is 1. The van der Waals surface area contributed by atoms with Gasteiger partial charge in [-0.2, -0.15) is 8.78 Å². The van der Waals surface area contributed by atoms with Gasteiger partial charge in [0.2, 0.25) is 11.8 Å². The van der Waals surface area contributed by atoms with Crippen LogP contribution in [0.4, 0.5) is 13.6 Å². The third kappa shape index (κ3) is 4.07. The highest BCUT2D eigenvalue weighted by Crippen LogP contribution is 2.43. The Morgan fingerprint density at radius 1 is 1.07 bits per heavy atom. The normalized spacial score (nSPS) is 19.4. The number of alkyl halides is 2. The molecule has 30 heavy (non-hydrogen) atoms. The van der Waals surface area contributed by atoms with Gasteiger partial charge in [0.25, 0.3) is 5.91 Å². The Kier molecular flexibility index (Phi) is 5.94. The van der Waals surface area contributed by atoms with E-state index >= 15 is 0 Å². The topological polar surface area (TPSA) is 154 Å². The van der Waals surface area contributed by atoms with Crippen molar-refractivity contribution >= 4 is 28.7 Å². The van der Waals surface area contributed by atoms with E-state index in [0.717, 1.165) is 12.8 Å². The first-order valence-electron chi connectivity index (χ1n) is 9.04. The van der Waals surface area contributed by atoms with Gasteiger partial charge in [-0.15, -0.1) is 10.2 Å². The maximum absolute atomic E-state index is 12.2. The minimum Gasteiger partial charge on any atom is -0.494 e. The molecule has 0 spiro atoms. The number of fused-ring (bicyclic) bond motifs is 1. The second kappa shape index (κ2) is 8.43. The molecule has 1 aromatic heterocycles. The van der Waals surface area contributed by atoms with E-state index in [-0.39, 0.29) is 28.1 Å². The largest absolute Gasteiger partial charge is 0.494 e. The molecule has 4 N–H and O–H groups in total. The molecule has 1 aliphatic carbocycles. The number of benzene rings is 1. The molecule has 1 saturated carbocycles. The molecule has 1 aromatic carbocycles. The highest BCUT2D eigenvalue weighted by atomic mass is 19.3. The average Bonchev–Trinajstić information content (AvgIpc) is 2.95. The van der Waals surface area contributed by atoms with Crippen molar-refractivity contribution in [1.29, 1.82) is 0 Å². The fraction of sp³-hybridized carbons (Fsp3) is 0.389. The lowest BCUT2D eigenvalue weighted by atomic mass is 9.90. The lowest BCUT2D eigenvalue weighted by Gasteiger charge is -2.33. The summed E-state index contributed by atoms with van der Waals surface area (Å²) >= 11 is 0. The summed E-state index contributed by atoms with van der Waals surface area (Å²) in [6.45, 7) is 0. The van der Waals surface area contributed by atoms with Gasteiger partial charge in [0.1, 0.15) is 0 Å². The second-order valence-corrected chi connectivity index (χ2v) is 6.83. The SMILES string of the molecule is O=C(O)N[C@@H]1CCCC[C@H]1n1c(O)c2ccc(C(=O)N=NC(=O)C(F)F)cc2c1O. The van der Waals surface area contributed by atoms with Crippen molar-refractivity contribution in [2.24, 2.45) is 10.2 Å². The van der Waals surface area contributed by atoms with Crippen LogP contribution in [0, 0.1) is 0 Å². The van der Waals surface area contributed by atoms with E-state index in [0.29, 0.717) is 12.8 Å². The molecule has 1 fully saturated rings. The summed E-state index contributed by atoms with van der Waals surface area (Å²) in [5.74, 6) is -3.63. The molecule has 160 valence electrons. The Morgan fingerprint density at radius 2 is 1.73 bits per heavy atom. The standard InChI is InChI=1S/C18H18F2N4O6/c19-13(20)15(26)23-22-14(25)8-5-6-9-10(7-8)17(28)24(16(9)27)12-4-2-1-3-11(12)21-18(29)30/h5-7,11-13,21,27-28H,1-4H2,(H,29,30)/t11-,12-/m1/s1. The van der Waals surface area contributed by atoms with Gasteiger partial charge in [-0.25, -0.2) is 4.79 Å². The van der Waals surface area contributed by atoms with Crippen LogP contribution in [0.5, 0.6) is 11.8 Å². The molecular weight excluding hydrogens is 406 g/mol. The number of halogens is 2. The Balaban J connectivity index is 1.98. The van der Waals surface area contributed by atoms with Crippen molar-refractivity contribution in [2.75, 3.05) is 0 Å². The number of azo groups is 1. The first-order chi connectivity index (χ1) is 14.2. The monoisotopic (exact) mass is 424 g/mol. The average molecular weight is 424 g/mol. The fourth-order valence-corrected chi connectivity index (χ4v) is 3.67. The lowest BCUT2D eigenvalue weighted by Crippen LogP contribution is -2.42. The van der Waals surface area contributed by atoms with Crippen molar-refractivity contribution in [1.82, 2.24) is 9.88 Å². The minimum atomic E-state index is -3.39. The minimum absolute atomic E-state index is 0.0772. The Hall–Kier alpha value is -3.57. The van der Waals surface area contributed by atoms with Gasteiger partial charge >= 0.3 is 18.4 Å². The number of nitrogens with zero attached hydrogens (tertiary/aromatic N) is 3. The molecule has 0 aliphatic heterocycles. The van der Waals surface area contributed by atoms with Crippen molar-refractivity contribution in [3.63, 3.8) is 0 Å². The maximum Gasteiger partial charge on any atom is 0.404 e. The van der Waals surface area contributed by atoms with E-state index in [2.05, 4.69) is 15.5 Å². The summed E-state index contributed by atoms with van der Waals surface area (Å²) in [6.07, 6.45) is -2.04. The van der Waals surface area contributed by atoms with Crippen LogP contribution in [0.3, 0.4) is 0 Å². The molecule has 3 rings (SSSR count). The molecule has 1 aliphatic rings. The summed E-state index contributed by atoms with van der Waals surface area (Å²) in [5.41, 5.74) is -0.148. The number of hydrogen-bond acceptors (Lipinski definition) is 5. The Labute approximate surface area is 167 Å². The smallest absolute Gasteiger partial charge is 0.404 e. The summed E-state index contributed by atoms with van der Waals surface area (Å²) in [4.78, 5) is 33.9. The summed E-state index contributed by atoms with van der Waals surface area (Å²) in [6, 6.07) is 2.64. The lowest BCUT2D eigenvalue weighted by molar-refractivity contribution is -0.128. The number of aromatic nitrogens is 1. The van der Waals surface area contributed by atoms with Gasteiger partial charge in [-0.05, 0) is 31.0 Å². The molecule has 10 nitrogen and oxygen atoms in total. The number of hydrogen-bond donors (Lipinski definition) is 4. The highest BCUT2D eigenvalue weighted by Gasteiger charge is 2.32. The van der Waals surface area contributed by atoms with E-state index in [1.54, 1.807) is 0 Å². The first-order valence-corrected chi connectivity index (χ1v) is 9.04. The van der Waals surface area contributed by atoms with Crippen LogP contribution >= 0.6 is 0 Å². The van der Waals surface area contributed by atoms with Gasteiger partial charge in [0.05, 0.1) is 12.1 Å². The van der Waals surface area contributed by atoms with E-state index in [9.17, 15) is 33.4 Å². The van der Waals surface area contributed by atoms with E-state index < -0.39 is 36.4 Å². The van der Waals surface area contributed by atoms with Crippen molar-refractivity contribution in [2.45, 2.75) is 44.2 Å². The molecular formula is C18H18F2N4O6.